The molecule has 1 saturated heterocycles. The number of carbonyl (C=O) groups is 1. The molecule has 1 aliphatic heterocycles. The quantitative estimate of drug-likeness (QED) is 0.725. The predicted molar refractivity (Wildman–Crippen MR) is 114 cm³/mol. The van der Waals surface area contributed by atoms with Gasteiger partial charge in [-0.15, -0.1) is 0 Å². The zero-order chi connectivity index (χ0) is 21.2. The molecule has 1 amide bonds. The van der Waals surface area contributed by atoms with Gasteiger partial charge in [-0.1, -0.05) is 29.3 Å². The third-order valence-corrected chi connectivity index (χ3v) is 7.31. The first-order valence-corrected chi connectivity index (χ1v) is 11.3. The molecule has 2 aromatic rings. The molecule has 0 saturated carbocycles. The largest absolute Gasteiger partial charge is 0.495 e. The number of ether oxygens (including phenoxy) is 1. The third-order valence-electron chi connectivity index (χ3n) is 4.96. The SMILES string of the molecule is COc1ccc(Cl)cc1S(=O)(=O)N1CCC[C@@H](C(=O)Nc2cc(Cl)ccc2C)C1. The van der Waals surface area contributed by atoms with Crippen molar-refractivity contribution >= 4 is 44.8 Å². The maximum Gasteiger partial charge on any atom is 0.246 e. The van der Waals surface area contributed by atoms with Crippen LogP contribution in [-0.2, 0) is 14.8 Å². The van der Waals surface area contributed by atoms with Crippen LogP contribution in [0, 0.1) is 12.8 Å². The molecule has 2 aromatic carbocycles. The van der Waals surface area contributed by atoms with Crippen molar-refractivity contribution in [1.29, 1.82) is 0 Å². The summed E-state index contributed by atoms with van der Waals surface area (Å²) < 4.78 is 32.9. The Kier molecular flexibility index (Phi) is 6.73. The Labute approximate surface area is 180 Å². The summed E-state index contributed by atoms with van der Waals surface area (Å²) in [6, 6.07) is 9.71. The summed E-state index contributed by atoms with van der Waals surface area (Å²) in [6.45, 7) is 2.29. The Hall–Kier alpha value is -1.80. The van der Waals surface area contributed by atoms with Crippen molar-refractivity contribution in [1.82, 2.24) is 4.31 Å². The molecule has 1 fully saturated rings. The van der Waals surface area contributed by atoms with Crippen LogP contribution in [0.15, 0.2) is 41.3 Å². The van der Waals surface area contributed by atoms with Crippen molar-refractivity contribution in [3.8, 4) is 5.75 Å². The van der Waals surface area contributed by atoms with Gasteiger partial charge in [-0.05, 0) is 55.7 Å². The van der Waals surface area contributed by atoms with Crippen molar-refractivity contribution in [2.75, 3.05) is 25.5 Å². The van der Waals surface area contributed by atoms with Crippen molar-refractivity contribution in [2.45, 2.75) is 24.7 Å². The van der Waals surface area contributed by atoms with Crippen LogP contribution in [0.3, 0.4) is 0 Å². The standard InChI is InChI=1S/C20H22Cl2N2O4S/c1-13-5-6-15(21)10-17(13)23-20(25)14-4-3-9-24(12-14)29(26,27)19-11-16(22)7-8-18(19)28-2/h5-8,10-11,14H,3-4,9,12H2,1-2H3,(H,23,25)/t14-/m1/s1. The van der Waals surface area contributed by atoms with E-state index in [2.05, 4.69) is 5.32 Å². The second-order valence-corrected chi connectivity index (χ2v) is 9.73. The van der Waals surface area contributed by atoms with E-state index in [4.69, 9.17) is 27.9 Å². The van der Waals surface area contributed by atoms with E-state index < -0.39 is 15.9 Å². The first-order chi connectivity index (χ1) is 13.7. The maximum absolute atomic E-state index is 13.2. The number of sulfonamides is 1. The molecule has 1 N–H and O–H groups in total. The average Bonchev–Trinajstić information content (AvgIpc) is 2.70. The number of methoxy groups -OCH3 is 1. The number of aryl methyl sites for hydroxylation is 1. The van der Waals surface area contributed by atoms with E-state index in [1.165, 1.54) is 23.5 Å². The lowest BCUT2D eigenvalue weighted by atomic mass is 9.98. The zero-order valence-corrected chi connectivity index (χ0v) is 18.4. The molecule has 1 heterocycles. The third kappa shape index (κ3) is 4.86. The summed E-state index contributed by atoms with van der Waals surface area (Å²) in [4.78, 5) is 12.8. The van der Waals surface area contributed by atoms with Gasteiger partial charge >= 0.3 is 0 Å². The lowest BCUT2D eigenvalue weighted by molar-refractivity contribution is -0.120. The minimum absolute atomic E-state index is 0.000700. The highest BCUT2D eigenvalue weighted by molar-refractivity contribution is 7.89. The van der Waals surface area contributed by atoms with E-state index in [1.54, 1.807) is 18.2 Å². The lowest BCUT2D eigenvalue weighted by Crippen LogP contribution is -2.43. The number of hydrogen-bond acceptors (Lipinski definition) is 4. The molecule has 0 bridgehead atoms. The Morgan fingerprint density at radius 2 is 1.86 bits per heavy atom. The predicted octanol–water partition coefficient (Wildman–Crippen LogP) is 4.35. The molecular weight excluding hydrogens is 435 g/mol. The topological polar surface area (TPSA) is 75.7 Å². The number of benzene rings is 2. The molecule has 9 heteroatoms. The minimum Gasteiger partial charge on any atom is -0.495 e. The van der Waals surface area contributed by atoms with Gasteiger partial charge in [0.25, 0.3) is 0 Å². The van der Waals surface area contributed by atoms with Crippen LogP contribution >= 0.6 is 23.2 Å². The van der Waals surface area contributed by atoms with E-state index in [0.29, 0.717) is 35.1 Å². The normalized spacial score (nSPS) is 17.7. The second kappa shape index (κ2) is 8.92. The number of hydrogen-bond donors (Lipinski definition) is 1. The van der Waals surface area contributed by atoms with Crippen LogP contribution in [-0.4, -0.2) is 38.8 Å². The van der Waals surface area contributed by atoms with Crippen LogP contribution in [0.4, 0.5) is 5.69 Å². The number of rotatable bonds is 5. The van der Waals surface area contributed by atoms with Crippen molar-refractivity contribution in [2.24, 2.45) is 5.92 Å². The molecule has 6 nitrogen and oxygen atoms in total. The van der Waals surface area contributed by atoms with Gasteiger partial charge in [0, 0.05) is 28.8 Å². The van der Waals surface area contributed by atoms with Gasteiger partial charge in [-0.3, -0.25) is 4.79 Å². The molecule has 156 valence electrons. The monoisotopic (exact) mass is 456 g/mol. The van der Waals surface area contributed by atoms with E-state index >= 15 is 0 Å². The fourth-order valence-corrected chi connectivity index (χ4v) is 5.44. The minimum atomic E-state index is -3.86. The van der Waals surface area contributed by atoms with Crippen LogP contribution < -0.4 is 10.1 Å². The van der Waals surface area contributed by atoms with Crippen molar-refractivity contribution < 1.29 is 17.9 Å². The first kappa shape index (κ1) is 21.9. The fraction of sp³-hybridized carbons (Fsp3) is 0.350. The number of nitrogens with zero attached hydrogens (tertiary/aromatic N) is 1. The molecule has 3 rings (SSSR count). The summed E-state index contributed by atoms with van der Waals surface area (Å²) >= 11 is 12.0. The summed E-state index contributed by atoms with van der Waals surface area (Å²) in [6.07, 6.45) is 1.18. The van der Waals surface area contributed by atoms with Crippen molar-refractivity contribution in [3.05, 3.63) is 52.0 Å². The van der Waals surface area contributed by atoms with Gasteiger partial charge in [0.1, 0.15) is 10.6 Å². The molecule has 0 radical (unpaired) electrons. The van der Waals surface area contributed by atoms with Gasteiger partial charge in [-0.2, -0.15) is 4.31 Å². The number of nitrogens with one attached hydrogen (secondary N) is 1. The highest BCUT2D eigenvalue weighted by atomic mass is 35.5. The Bertz CT molecular complexity index is 1030. The van der Waals surface area contributed by atoms with Gasteiger partial charge in [0.05, 0.1) is 13.0 Å². The van der Waals surface area contributed by atoms with Gasteiger partial charge in [0.15, 0.2) is 0 Å². The van der Waals surface area contributed by atoms with E-state index in [1.807, 2.05) is 13.0 Å². The van der Waals surface area contributed by atoms with Gasteiger partial charge in [0.2, 0.25) is 15.9 Å². The van der Waals surface area contributed by atoms with E-state index in [9.17, 15) is 13.2 Å². The van der Waals surface area contributed by atoms with Crippen LogP contribution in [0.1, 0.15) is 18.4 Å². The molecule has 1 atom stereocenters. The fourth-order valence-electron chi connectivity index (χ4n) is 3.33. The summed E-state index contributed by atoms with van der Waals surface area (Å²) in [5.74, 6) is -0.481. The molecular formula is C20H22Cl2N2O4S. The molecule has 0 aliphatic carbocycles. The maximum atomic E-state index is 13.2. The van der Waals surface area contributed by atoms with Crippen LogP contribution in [0.5, 0.6) is 5.75 Å². The van der Waals surface area contributed by atoms with Gasteiger partial charge in [-0.25, -0.2) is 8.42 Å². The zero-order valence-electron chi connectivity index (χ0n) is 16.1. The number of anilines is 1. The molecule has 1 aliphatic rings. The summed E-state index contributed by atoms with van der Waals surface area (Å²) in [5, 5.41) is 3.69. The number of piperidine rings is 1. The van der Waals surface area contributed by atoms with Crippen LogP contribution in [0.25, 0.3) is 0 Å². The first-order valence-electron chi connectivity index (χ1n) is 9.13. The number of carbonyl (C=O) groups excluding carboxylic acids is 1. The van der Waals surface area contributed by atoms with E-state index in [0.717, 1.165) is 5.56 Å². The van der Waals surface area contributed by atoms with Gasteiger partial charge < -0.3 is 10.1 Å². The number of halogens is 2. The highest BCUT2D eigenvalue weighted by Gasteiger charge is 2.35. The lowest BCUT2D eigenvalue weighted by Gasteiger charge is -2.31. The molecule has 29 heavy (non-hydrogen) atoms. The van der Waals surface area contributed by atoms with Crippen molar-refractivity contribution in [3.63, 3.8) is 0 Å². The van der Waals surface area contributed by atoms with E-state index in [-0.39, 0.29) is 23.1 Å². The molecule has 0 aromatic heterocycles. The molecule has 0 spiro atoms. The Morgan fingerprint density at radius 1 is 1.17 bits per heavy atom. The average molecular weight is 457 g/mol. The Balaban J connectivity index is 1.80. The highest BCUT2D eigenvalue weighted by Crippen LogP contribution is 2.32. The molecule has 0 unspecified atom stereocenters. The smallest absolute Gasteiger partial charge is 0.246 e. The summed E-state index contributed by atoms with van der Waals surface area (Å²) in [5.41, 5.74) is 1.51. The number of amides is 1. The summed E-state index contributed by atoms with van der Waals surface area (Å²) in [7, 11) is -2.45. The second-order valence-electron chi connectivity index (χ2n) is 6.95. The Morgan fingerprint density at radius 3 is 2.59 bits per heavy atom. The van der Waals surface area contributed by atoms with Crippen LogP contribution in [0.2, 0.25) is 10.0 Å².